The maximum absolute atomic E-state index is 12.4. The number of aromatic amines is 1. The molecule has 2 N–H and O–H groups in total. The number of H-pyrrole nitrogens is 1. The second-order valence-electron chi connectivity index (χ2n) is 5.38. The molecule has 0 aliphatic heterocycles. The number of rotatable bonds is 4. The summed E-state index contributed by atoms with van der Waals surface area (Å²) in [7, 11) is 1.63. The molecule has 1 aromatic heterocycles. The first-order chi connectivity index (χ1) is 12.1. The number of nitrogens with zero attached hydrogens (tertiary/aromatic N) is 2. The van der Waals surface area contributed by atoms with Crippen LogP contribution in [0.5, 0.6) is 0 Å². The van der Waals surface area contributed by atoms with Crippen molar-refractivity contribution in [3.63, 3.8) is 0 Å². The summed E-state index contributed by atoms with van der Waals surface area (Å²) in [6.07, 6.45) is -0.428. The molecule has 3 rings (SSSR count). The predicted octanol–water partition coefficient (Wildman–Crippen LogP) is 3.41. The SMILES string of the molecule is CCOC(=O)N(C)c1ccc(NC(=O)c2n[nH]c3ccccc23)cc1. The molecule has 0 radical (unpaired) electrons. The molecule has 0 atom stereocenters. The molecule has 0 aliphatic rings. The Balaban J connectivity index is 1.73. The first kappa shape index (κ1) is 16.5. The minimum atomic E-state index is -0.428. The molecule has 0 unspecified atom stereocenters. The standard InChI is InChI=1S/C18H18N4O3/c1-3-25-18(24)22(2)13-10-8-12(9-11-13)19-17(23)16-14-6-4-5-7-15(14)20-21-16/h4-11H,3H2,1-2H3,(H,19,23)(H,20,21). The van der Waals surface area contributed by atoms with Gasteiger partial charge in [-0.2, -0.15) is 5.10 Å². The molecule has 7 heteroatoms. The van der Waals surface area contributed by atoms with E-state index in [1.807, 2.05) is 24.3 Å². The van der Waals surface area contributed by atoms with Crippen molar-refractivity contribution in [3.05, 3.63) is 54.2 Å². The fourth-order valence-corrected chi connectivity index (χ4v) is 2.42. The van der Waals surface area contributed by atoms with Gasteiger partial charge >= 0.3 is 6.09 Å². The van der Waals surface area contributed by atoms with Crippen LogP contribution >= 0.6 is 0 Å². The third kappa shape index (κ3) is 3.45. The lowest BCUT2D eigenvalue weighted by molar-refractivity contribution is 0.102. The Morgan fingerprint density at radius 1 is 1.16 bits per heavy atom. The molecule has 0 saturated heterocycles. The van der Waals surface area contributed by atoms with E-state index >= 15 is 0 Å². The number of amides is 2. The Labute approximate surface area is 144 Å². The van der Waals surface area contributed by atoms with E-state index in [0.29, 0.717) is 23.7 Å². The van der Waals surface area contributed by atoms with Crippen molar-refractivity contribution in [1.29, 1.82) is 0 Å². The quantitative estimate of drug-likeness (QED) is 0.763. The average molecular weight is 338 g/mol. The number of carbonyl (C=O) groups is 2. The maximum Gasteiger partial charge on any atom is 0.413 e. The number of fused-ring (bicyclic) bond motifs is 1. The van der Waals surface area contributed by atoms with Gasteiger partial charge in [0, 0.05) is 23.8 Å². The Bertz CT molecular complexity index is 902. The molecule has 0 saturated carbocycles. The number of carbonyl (C=O) groups excluding carboxylic acids is 2. The second kappa shape index (κ2) is 7.04. The van der Waals surface area contributed by atoms with Crippen molar-refractivity contribution in [2.45, 2.75) is 6.92 Å². The smallest absolute Gasteiger partial charge is 0.413 e. The molecular weight excluding hydrogens is 320 g/mol. The lowest BCUT2D eigenvalue weighted by atomic mass is 10.2. The van der Waals surface area contributed by atoms with Crippen molar-refractivity contribution in [1.82, 2.24) is 10.2 Å². The molecule has 2 aromatic carbocycles. The molecule has 1 heterocycles. The van der Waals surface area contributed by atoms with Crippen molar-refractivity contribution >= 4 is 34.3 Å². The first-order valence-corrected chi connectivity index (χ1v) is 7.85. The first-order valence-electron chi connectivity index (χ1n) is 7.85. The summed E-state index contributed by atoms with van der Waals surface area (Å²) in [6.45, 7) is 2.07. The van der Waals surface area contributed by atoms with E-state index in [0.717, 1.165) is 10.9 Å². The highest BCUT2D eigenvalue weighted by atomic mass is 16.6. The summed E-state index contributed by atoms with van der Waals surface area (Å²) in [6, 6.07) is 14.3. The third-order valence-corrected chi connectivity index (χ3v) is 3.74. The highest BCUT2D eigenvalue weighted by molar-refractivity contribution is 6.11. The lowest BCUT2D eigenvalue weighted by Gasteiger charge is -2.16. The van der Waals surface area contributed by atoms with Crippen LogP contribution < -0.4 is 10.2 Å². The van der Waals surface area contributed by atoms with Crippen LogP contribution in [0, 0.1) is 0 Å². The minimum absolute atomic E-state index is 0.302. The van der Waals surface area contributed by atoms with Gasteiger partial charge in [0.15, 0.2) is 5.69 Å². The maximum atomic E-state index is 12.4. The highest BCUT2D eigenvalue weighted by Crippen LogP contribution is 2.20. The topological polar surface area (TPSA) is 87.3 Å². The summed E-state index contributed by atoms with van der Waals surface area (Å²) in [4.78, 5) is 25.5. The van der Waals surface area contributed by atoms with Crippen molar-refractivity contribution in [3.8, 4) is 0 Å². The Morgan fingerprint density at radius 3 is 2.60 bits per heavy atom. The van der Waals surface area contributed by atoms with Crippen molar-refractivity contribution in [2.75, 3.05) is 23.9 Å². The monoisotopic (exact) mass is 338 g/mol. The Kier molecular flexibility index (Phi) is 4.65. The highest BCUT2D eigenvalue weighted by Gasteiger charge is 2.15. The fourth-order valence-electron chi connectivity index (χ4n) is 2.42. The second-order valence-corrected chi connectivity index (χ2v) is 5.38. The summed E-state index contributed by atoms with van der Waals surface area (Å²) in [5.74, 6) is -0.302. The largest absolute Gasteiger partial charge is 0.449 e. The number of hydrogen-bond donors (Lipinski definition) is 2. The third-order valence-electron chi connectivity index (χ3n) is 3.74. The number of hydrogen-bond acceptors (Lipinski definition) is 4. The number of nitrogens with one attached hydrogen (secondary N) is 2. The number of aromatic nitrogens is 2. The van der Waals surface area contributed by atoms with Gasteiger partial charge in [0.05, 0.1) is 12.1 Å². The van der Waals surface area contributed by atoms with Gasteiger partial charge in [-0.25, -0.2) is 4.79 Å². The van der Waals surface area contributed by atoms with E-state index in [9.17, 15) is 9.59 Å². The zero-order valence-electron chi connectivity index (χ0n) is 13.9. The molecular formula is C18H18N4O3. The number of benzene rings is 2. The van der Waals surface area contributed by atoms with Crippen LogP contribution in [-0.4, -0.2) is 35.9 Å². The van der Waals surface area contributed by atoms with Gasteiger partial charge in [0.2, 0.25) is 0 Å². The molecule has 0 bridgehead atoms. The predicted molar refractivity (Wildman–Crippen MR) is 95.9 cm³/mol. The molecule has 0 spiro atoms. The average Bonchev–Trinajstić information content (AvgIpc) is 3.06. The van der Waals surface area contributed by atoms with E-state index in [2.05, 4.69) is 15.5 Å². The molecule has 7 nitrogen and oxygen atoms in total. The lowest BCUT2D eigenvalue weighted by Crippen LogP contribution is -2.26. The van der Waals surface area contributed by atoms with E-state index in [1.165, 1.54) is 4.90 Å². The number of ether oxygens (including phenoxy) is 1. The summed E-state index contributed by atoms with van der Waals surface area (Å²) in [5, 5.41) is 10.5. The van der Waals surface area contributed by atoms with Crippen molar-refractivity contribution in [2.24, 2.45) is 0 Å². The Morgan fingerprint density at radius 2 is 1.88 bits per heavy atom. The van der Waals surface area contributed by atoms with Crippen LogP contribution in [0.2, 0.25) is 0 Å². The fraction of sp³-hybridized carbons (Fsp3) is 0.167. The summed E-state index contributed by atoms with van der Waals surface area (Å²) >= 11 is 0. The van der Waals surface area contributed by atoms with Crippen LogP contribution in [0.3, 0.4) is 0 Å². The molecule has 2 amide bonds. The number of anilines is 2. The van der Waals surface area contributed by atoms with E-state index in [4.69, 9.17) is 4.74 Å². The molecule has 0 aliphatic carbocycles. The van der Waals surface area contributed by atoms with Gasteiger partial charge in [-0.15, -0.1) is 0 Å². The van der Waals surface area contributed by atoms with Gasteiger partial charge in [-0.3, -0.25) is 14.8 Å². The van der Waals surface area contributed by atoms with E-state index in [-0.39, 0.29) is 5.91 Å². The van der Waals surface area contributed by atoms with Crippen LogP contribution in [0.4, 0.5) is 16.2 Å². The zero-order valence-corrected chi connectivity index (χ0v) is 13.9. The van der Waals surface area contributed by atoms with Gasteiger partial charge in [-0.1, -0.05) is 18.2 Å². The van der Waals surface area contributed by atoms with Gasteiger partial charge in [0.25, 0.3) is 5.91 Å². The van der Waals surface area contributed by atoms with Gasteiger partial charge in [0.1, 0.15) is 0 Å². The number of para-hydroxylation sites is 1. The van der Waals surface area contributed by atoms with Crippen LogP contribution in [0.1, 0.15) is 17.4 Å². The molecule has 25 heavy (non-hydrogen) atoms. The summed E-state index contributed by atoms with van der Waals surface area (Å²) in [5.41, 5.74) is 2.42. The van der Waals surface area contributed by atoms with Gasteiger partial charge in [-0.05, 0) is 37.3 Å². The molecule has 128 valence electrons. The van der Waals surface area contributed by atoms with Gasteiger partial charge < -0.3 is 10.1 Å². The Hall–Kier alpha value is -3.35. The van der Waals surface area contributed by atoms with E-state index in [1.54, 1.807) is 38.2 Å². The van der Waals surface area contributed by atoms with Crippen LogP contribution in [0.15, 0.2) is 48.5 Å². The molecule has 3 aromatic rings. The summed E-state index contributed by atoms with van der Waals surface area (Å²) < 4.78 is 4.95. The van der Waals surface area contributed by atoms with Crippen LogP contribution in [-0.2, 0) is 4.74 Å². The van der Waals surface area contributed by atoms with Crippen molar-refractivity contribution < 1.29 is 14.3 Å². The molecule has 0 fully saturated rings. The van der Waals surface area contributed by atoms with Crippen LogP contribution in [0.25, 0.3) is 10.9 Å². The normalized spacial score (nSPS) is 10.5. The van der Waals surface area contributed by atoms with E-state index < -0.39 is 6.09 Å². The zero-order chi connectivity index (χ0) is 17.8. The minimum Gasteiger partial charge on any atom is -0.449 e.